The first-order valence-electron chi connectivity index (χ1n) is 5.48. The van der Waals surface area contributed by atoms with E-state index in [2.05, 4.69) is 28.4 Å². The van der Waals surface area contributed by atoms with E-state index in [1.165, 1.54) is 4.90 Å². The van der Waals surface area contributed by atoms with Gasteiger partial charge in [-0.2, -0.15) is 0 Å². The minimum Gasteiger partial charge on any atom is -0.340 e. The van der Waals surface area contributed by atoms with Gasteiger partial charge < -0.3 is 4.98 Å². The summed E-state index contributed by atoms with van der Waals surface area (Å²) < 4.78 is 0. The van der Waals surface area contributed by atoms with E-state index in [0.29, 0.717) is 0 Å². The maximum atomic E-state index is 3.82. The van der Waals surface area contributed by atoms with Crippen molar-refractivity contribution >= 4 is 23.5 Å². The van der Waals surface area contributed by atoms with Crippen LogP contribution in [0.1, 0.15) is 13.8 Å². The quantitative estimate of drug-likeness (QED) is 0.809. The third-order valence-corrected chi connectivity index (χ3v) is 3.08. The molecule has 2 nitrogen and oxygen atoms in total. The molecule has 0 aliphatic carbocycles. The minimum atomic E-state index is 1.11. The zero-order valence-electron chi connectivity index (χ0n) is 10.8. The molecule has 0 saturated heterocycles. The smallest absolute Gasteiger partial charge is 0.0928 e. The molecule has 2 rings (SSSR count). The second-order valence-electron chi connectivity index (χ2n) is 2.64. The summed E-state index contributed by atoms with van der Waals surface area (Å²) in [5.74, 6) is 0. The molecule has 94 valence electrons. The molecule has 1 N–H and O–H groups in total. The number of imidazole rings is 1. The third kappa shape index (κ3) is 7.94. The van der Waals surface area contributed by atoms with Gasteiger partial charge in [-0.05, 0) is 24.6 Å². The average Bonchev–Trinajstić information content (AvgIpc) is 2.96. The first kappa shape index (κ1) is 16.1. The average molecular weight is 268 g/mol. The first-order valence-corrected chi connectivity index (χ1v) is 7.93. The molecule has 0 amide bonds. The lowest BCUT2D eigenvalue weighted by Crippen LogP contribution is -1.62. The molecule has 4 heteroatoms. The predicted molar refractivity (Wildman–Crippen MR) is 79.9 cm³/mol. The van der Waals surface area contributed by atoms with Crippen LogP contribution < -0.4 is 0 Å². The highest BCUT2D eigenvalue weighted by molar-refractivity contribution is 7.98. The van der Waals surface area contributed by atoms with Crippen LogP contribution in [0.25, 0.3) is 0 Å². The van der Waals surface area contributed by atoms with Gasteiger partial charge in [0.2, 0.25) is 0 Å². The highest BCUT2D eigenvalue weighted by Gasteiger charge is 1.83. The molecule has 1 heterocycles. The molecule has 0 spiro atoms. The Morgan fingerprint density at radius 2 is 1.65 bits per heavy atom. The number of thioether (sulfide) groups is 2. The normalized spacial score (nSPS) is 8.47. The van der Waals surface area contributed by atoms with Gasteiger partial charge in [-0.15, -0.1) is 23.5 Å². The molecule has 0 aliphatic heterocycles. The number of rotatable bonds is 2. The summed E-state index contributed by atoms with van der Waals surface area (Å²) in [5, 5.41) is 1.11. The van der Waals surface area contributed by atoms with Gasteiger partial charge in [0.1, 0.15) is 0 Å². The zero-order chi connectivity index (χ0) is 12.9. The Hall–Kier alpha value is -0.870. The minimum absolute atomic E-state index is 1.11. The van der Waals surface area contributed by atoms with Crippen molar-refractivity contribution < 1.29 is 0 Å². The SMILES string of the molecule is CC.CSc1ccccc1.CSc1cnc[nH]1. The lowest BCUT2D eigenvalue weighted by molar-refractivity contribution is 1.20. The van der Waals surface area contributed by atoms with E-state index in [-0.39, 0.29) is 0 Å². The van der Waals surface area contributed by atoms with Crippen LogP contribution in [0.4, 0.5) is 0 Å². The van der Waals surface area contributed by atoms with Crippen LogP contribution in [0.15, 0.2) is 52.8 Å². The van der Waals surface area contributed by atoms with Crippen LogP contribution in [0, 0.1) is 0 Å². The fourth-order valence-corrected chi connectivity index (χ4v) is 1.68. The Kier molecular flexibility index (Phi) is 11.0. The van der Waals surface area contributed by atoms with Gasteiger partial charge in [0, 0.05) is 4.90 Å². The number of aromatic nitrogens is 2. The molecular weight excluding hydrogens is 248 g/mol. The van der Waals surface area contributed by atoms with Gasteiger partial charge in [0.15, 0.2) is 0 Å². The third-order valence-electron chi connectivity index (χ3n) is 1.67. The van der Waals surface area contributed by atoms with Crippen LogP contribution in [-0.4, -0.2) is 22.5 Å². The van der Waals surface area contributed by atoms with Crippen LogP contribution in [0.2, 0.25) is 0 Å². The van der Waals surface area contributed by atoms with Crippen LogP contribution in [-0.2, 0) is 0 Å². The summed E-state index contributed by atoms with van der Waals surface area (Å²) in [6, 6.07) is 10.3. The van der Waals surface area contributed by atoms with Crippen LogP contribution in [0.5, 0.6) is 0 Å². The molecule has 0 atom stereocenters. The second-order valence-corrected chi connectivity index (χ2v) is 4.36. The van der Waals surface area contributed by atoms with Crippen molar-refractivity contribution in [3.05, 3.63) is 42.9 Å². The number of benzene rings is 1. The van der Waals surface area contributed by atoms with E-state index < -0.39 is 0 Å². The summed E-state index contributed by atoms with van der Waals surface area (Å²) in [5.41, 5.74) is 0. The molecule has 17 heavy (non-hydrogen) atoms. The van der Waals surface area contributed by atoms with Crippen molar-refractivity contribution in [1.29, 1.82) is 0 Å². The van der Waals surface area contributed by atoms with Crippen molar-refractivity contribution in [2.45, 2.75) is 23.8 Å². The zero-order valence-corrected chi connectivity index (χ0v) is 12.4. The largest absolute Gasteiger partial charge is 0.340 e. The maximum Gasteiger partial charge on any atom is 0.0928 e. The number of nitrogens with zero attached hydrogens (tertiary/aromatic N) is 1. The van der Waals surface area contributed by atoms with E-state index in [0.717, 1.165) is 5.03 Å². The monoisotopic (exact) mass is 268 g/mol. The molecule has 2 aromatic rings. The molecule has 0 fully saturated rings. The van der Waals surface area contributed by atoms with E-state index in [4.69, 9.17) is 0 Å². The van der Waals surface area contributed by atoms with Crippen molar-refractivity contribution in [3.63, 3.8) is 0 Å². The van der Waals surface area contributed by atoms with Gasteiger partial charge in [-0.3, -0.25) is 0 Å². The topological polar surface area (TPSA) is 28.7 Å². The first-order chi connectivity index (χ1) is 8.36. The van der Waals surface area contributed by atoms with E-state index in [9.17, 15) is 0 Å². The van der Waals surface area contributed by atoms with Crippen molar-refractivity contribution in [2.24, 2.45) is 0 Å². The fourth-order valence-electron chi connectivity index (χ4n) is 0.911. The number of aromatic amines is 1. The summed E-state index contributed by atoms with van der Waals surface area (Å²) in [4.78, 5) is 8.08. The molecule has 1 aromatic carbocycles. The lowest BCUT2D eigenvalue weighted by Gasteiger charge is -1.89. The van der Waals surface area contributed by atoms with Gasteiger partial charge in [-0.1, -0.05) is 32.0 Å². The van der Waals surface area contributed by atoms with Gasteiger partial charge in [0.05, 0.1) is 17.6 Å². The molecule has 0 radical (unpaired) electrons. The van der Waals surface area contributed by atoms with Crippen molar-refractivity contribution in [3.8, 4) is 0 Å². The van der Waals surface area contributed by atoms with Gasteiger partial charge >= 0.3 is 0 Å². The summed E-state index contributed by atoms with van der Waals surface area (Å²) in [6.45, 7) is 4.00. The Morgan fingerprint density at radius 1 is 1.00 bits per heavy atom. The van der Waals surface area contributed by atoms with Crippen molar-refractivity contribution in [1.82, 2.24) is 9.97 Å². The van der Waals surface area contributed by atoms with Crippen LogP contribution in [0.3, 0.4) is 0 Å². The molecule has 0 unspecified atom stereocenters. The van der Waals surface area contributed by atoms with E-state index in [1.807, 2.05) is 38.3 Å². The highest BCUT2D eigenvalue weighted by atomic mass is 32.2. The van der Waals surface area contributed by atoms with Crippen LogP contribution >= 0.6 is 23.5 Å². The van der Waals surface area contributed by atoms with Gasteiger partial charge in [0.25, 0.3) is 0 Å². The summed E-state index contributed by atoms with van der Waals surface area (Å²) in [6.07, 6.45) is 7.55. The predicted octanol–water partition coefficient (Wildman–Crippen LogP) is 4.57. The molecule has 0 saturated carbocycles. The number of nitrogens with one attached hydrogen (secondary N) is 1. The Labute approximate surface area is 113 Å². The van der Waals surface area contributed by atoms with Crippen molar-refractivity contribution in [2.75, 3.05) is 12.5 Å². The summed E-state index contributed by atoms with van der Waals surface area (Å²) in [7, 11) is 0. The molecule has 0 aliphatic rings. The Bertz CT molecular complexity index is 347. The van der Waals surface area contributed by atoms with Gasteiger partial charge in [-0.25, -0.2) is 4.98 Å². The highest BCUT2D eigenvalue weighted by Crippen LogP contribution is 2.11. The molecule has 1 aromatic heterocycles. The Balaban J connectivity index is 0.000000265. The second kappa shape index (κ2) is 11.6. The lowest BCUT2D eigenvalue weighted by atomic mass is 10.4. The Morgan fingerprint density at radius 3 is 1.94 bits per heavy atom. The molecular formula is C13H20N2S2. The summed E-state index contributed by atoms with van der Waals surface area (Å²) >= 11 is 3.43. The standard InChI is InChI=1S/C7H8S.C4H6N2S.C2H6/c1-8-7-5-3-2-4-6-7;1-7-4-2-5-3-6-4;1-2/h2-6H,1H3;2-3H,1H3,(H,5,6);1-2H3. The number of H-pyrrole nitrogens is 1. The fraction of sp³-hybridized carbons (Fsp3) is 0.308. The van der Waals surface area contributed by atoms with E-state index in [1.54, 1.807) is 36.0 Å². The number of hydrogen-bond donors (Lipinski definition) is 1. The van der Waals surface area contributed by atoms with E-state index >= 15 is 0 Å². The number of hydrogen-bond acceptors (Lipinski definition) is 3. The maximum absolute atomic E-state index is 3.82. The molecule has 0 bridgehead atoms.